The Morgan fingerprint density at radius 2 is 1.12 bits per heavy atom. The van der Waals surface area contributed by atoms with Crippen LogP contribution in [0.1, 0.15) is 96.8 Å². The molecule has 26 heavy (non-hydrogen) atoms. The summed E-state index contributed by atoms with van der Waals surface area (Å²) in [6, 6.07) is 1.26. The van der Waals surface area contributed by atoms with Gasteiger partial charge in [0.25, 0.3) is 3.93 Å². The molecule has 0 aliphatic rings. The Morgan fingerprint density at radius 1 is 0.731 bits per heavy atom. The highest BCUT2D eigenvalue weighted by Gasteiger charge is 2.20. The second kappa shape index (κ2) is 19.2. The van der Waals surface area contributed by atoms with E-state index in [0.29, 0.717) is 6.61 Å². The van der Waals surface area contributed by atoms with Crippen LogP contribution in [0.3, 0.4) is 0 Å². The Hall–Kier alpha value is 0.867. The van der Waals surface area contributed by atoms with Gasteiger partial charge in [-0.2, -0.15) is 0 Å². The average molecular weight is 577 g/mol. The molecule has 0 aliphatic heterocycles. The van der Waals surface area contributed by atoms with Gasteiger partial charge in [0.2, 0.25) is 0 Å². The lowest BCUT2D eigenvalue weighted by Gasteiger charge is -2.08. The van der Waals surface area contributed by atoms with Gasteiger partial charge < -0.3 is 4.74 Å². The molecule has 2 nitrogen and oxygen atoms in total. The van der Waals surface area contributed by atoms with E-state index in [2.05, 4.69) is 45.9 Å². The number of rotatable bonds is 18. The van der Waals surface area contributed by atoms with Crippen molar-refractivity contribution in [3.8, 4) is 0 Å². The summed E-state index contributed by atoms with van der Waals surface area (Å²) < 4.78 is 3.72. The molecule has 0 aromatic carbocycles. The van der Waals surface area contributed by atoms with E-state index in [0.717, 1.165) is 6.42 Å². The lowest BCUT2D eigenvalue weighted by atomic mass is 10.0. The summed E-state index contributed by atoms with van der Waals surface area (Å²) in [5.74, 6) is -0.215. The molecule has 6 heteroatoms. The molecule has 0 saturated heterocycles. The van der Waals surface area contributed by atoms with Crippen LogP contribution in [0.5, 0.6) is 0 Å². The highest BCUT2D eigenvalue weighted by molar-refractivity contribution is 9.72. The molecule has 0 saturated carbocycles. The van der Waals surface area contributed by atoms with Gasteiger partial charge in [-0.15, -0.1) is 0 Å². The SMILES string of the molecule is CC=CC(=O)OCCCCCCCCCCCCCCCC[Si](Br)(Br)Br. The molecule has 0 amide bonds. The molecule has 154 valence electrons. The zero-order valence-electron chi connectivity index (χ0n) is 16.4. The molecule has 0 spiro atoms. The molecular weight excluding hydrogens is 540 g/mol. The molecule has 0 aromatic heterocycles. The lowest BCUT2D eigenvalue weighted by molar-refractivity contribution is -0.137. The van der Waals surface area contributed by atoms with Crippen molar-refractivity contribution in [3.63, 3.8) is 0 Å². The van der Waals surface area contributed by atoms with Crippen LogP contribution in [0.15, 0.2) is 12.2 Å². The fourth-order valence-electron chi connectivity index (χ4n) is 2.91. The molecular formula is C20H37Br3O2Si. The standard InChI is InChI=1S/C20H37Br3O2Si/c1-2-17-20(24)25-18-15-13-11-9-7-5-3-4-6-8-10-12-14-16-19-26(21,22)23/h2,17H,3-16,18-19H2,1H3. The largest absolute Gasteiger partial charge is 0.463 e. The monoisotopic (exact) mass is 574 g/mol. The second-order valence-corrected chi connectivity index (χ2v) is 30.5. The predicted molar refractivity (Wildman–Crippen MR) is 128 cm³/mol. The van der Waals surface area contributed by atoms with Gasteiger partial charge >= 0.3 is 5.97 Å². The number of unbranched alkanes of at least 4 members (excludes halogenated alkanes) is 13. The van der Waals surface area contributed by atoms with E-state index in [1.165, 1.54) is 95.6 Å². The number of carbonyl (C=O) groups is 1. The number of esters is 1. The van der Waals surface area contributed by atoms with Crippen molar-refractivity contribution in [2.45, 2.75) is 103 Å². The summed E-state index contributed by atoms with van der Waals surface area (Å²) in [4.78, 5) is 11.1. The lowest BCUT2D eigenvalue weighted by Crippen LogP contribution is -2.04. The van der Waals surface area contributed by atoms with E-state index in [-0.39, 0.29) is 5.97 Å². The molecule has 0 heterocycles. The molecule has 0 fully saturated rings. The maximum absolute atomic E-state index is 11.1. The fraction of sp³-hybridized carbons (Fsp3) is 0.850. The van der Waals surface area contributed by atoms with E-state index in [1.807, 2.05) is 6.92 Å². The summed E-state index contributed by atoms with van der Waals surface area (Å²) in [5.41, 5.74) is 0. The van der Waals surface area contributed by atoms with Crippen molar-refractivity contribution in [2.24, 2.45) is 0 Å². The van der Waals surface area contributed by atoms with Crippen molar-refractivity contribution in [3.05, 3.63) is 12.2 Å². The van der Waals surface area contributed by atoms with Crippen LogP contribution in [-0.4, -0.2) is 16.5 Å². The first-order valence-electron chi connectivity index (χ1n) is 10.3. The average Bonchev–Trinajstić information content (AvgIpc) is 2.57. The minimum absolute atomic E-state index is 0.215. The third-order valence-electron chi connectivity index (χ3n) is 4.40. The van der Waals surface area contributed by atoms with Crippen LogP contribution >= 0.6 is 45.9 Å². The molecule has 0 atom stereocenters. The van der Waals surface area contributed by atoms with Gasteiger partial charge in [-0.05, 0) is 19.4 Å². The van der Waals surface area contributed by atoms with E-state index in [4.69, 9.17) is 4.74 Å². The molecule has 0 aromatic rings. The first-order chi connectivity index (χ1) is 12.5. The number of carbonyl (C=O) groups excluding carboxylic acids is 1. The molecule has 0 N–H and O–H groups in total. The minimum atomic E-state index is -1.36. The summed E-state index contributed by atoms with van der Waals surface area (Å²) in [5, 5.41) is 0. The topological polar surface area (TPSA) is 26.3 Å². The van der Waals surface area contributed by atoms with Crippen LogP contribution in [0.2, 0.25) is 6.04 Å². The fourth-order valence-corrected chi connectivity index (χ4v) is 6.08. The van der Waals surface area contributed by atoms with Gasteiger partial charge in [-0.25, -0.2) is 4.79 Å². The summed E-state index contributed by atoms with van der Waals surface area (Å²) >= 11 is 11.1. The van der Waals surface area contributed by atoms with Gasteiger partial charge in [-0.1, -0.05) is 135 Å². The molecule has 0 radical (unpaired) electrons. The van der Waals surface area contributed by atoms with E-state index < -0.39 is 3.93 Å². The first kappa shape index (κ1) is 26.9. The Kier molecular flexibility index (Phi) is 19.8. The predicted octanol–water partition coefficient (Wildman–Crippen LogP) is 8.69. The zero-order chi connectivity index (χ0) is 19.5. The van der Waals surface area contributed by atoms with E-state index in [1.54, 1.807) is 6.08 Å². The molecule has 0 aliphatic carbocycles. The highest BCUT2D eigenvalue weighted by Crippen LogP contribution is 2.33. The number of ether oxygens (including phenoxy) is 1. The number of allylic oxidation sites excluding steroid dienone is 1. The van der Waals surface area contributed by atoms with Crippen LogP contribution in [0, 0.1) is 0 Å². The third kappa shape index (κ3) is 22.9. The van der Waals surface area contributed by atoms with Gasteiger partial charge in [0.15, 0.2) is 0 Å². The third-order valence-corrected chi connectivity index (χ3v) is 8.89. The maximum Gasteiger partial charge on any atom is 0.330 e. The quantitative estimate of drug-likeness (QED) is 0.0536. The Labute approximate surface area is 186 Å². The van der Waals surface area contributed by atoms with Crippen molar-refractivity contribution in [1.82, 2.24) is 0 Å². The summed E-state index contributed by atoms with van der Waals surface area (Å²) in [7, 11) is 0. The Bertz CT molecular complexity index is 357. The van der Waals surface area contributed by atoms with Gasteiger partial charge in [-0.3, -0.25) is 0 Å². The highest BCUT2D eigenvalue weighted by atomic mass is 80.0. The Balaban J connectivity index is 3.10. The smallest absolute Gasteiger partial charge is 0.330 e. The van der Waals surface area contributed by atoms with Crippen molar-refractivity contribution >= 4 is 55.8 Å². The van der Waals surface area contributed by atoms with Crippen molar-refractivity contribution in [2.75, 3.05) is 6.61 Å². The van der Waals surface area contributed by atoms with E-state index in [9.17, 15) is 4.79 Å². The van der Waals surface area contributed by atoms with Gasteiger partial charge in [0.05, 0.1) is 6.61 Å². The van der Waals surface area contributed by atoms with Crippen LogP contribution < -0.4 is 0 Å². The van der Waals surface area contributed by atoms with Crippen LogP contribution in [-0.2, 0) is 9.53 Å². The maximum atomic E-state index is 11.1. The summed E-state index contributed by atoms with van der Waals surface area (Å²) in [6.07, 6.45) is 21.8. The van der Waals surface area contributed by atoms with Crippen LogP contribution in [0.25, 0.3) is 0 Å². The molecule has 0 unspecified atom stereocenters. The normalized spacial score (nSPS) is 12.0. The summed E-state index contributed by atoms with van der Waals surface area (Å²) in [6.45, 7) is 2.39. The van der Waals surface area contributed by atoms with Gasteiger partial charge in [0.1, 0.15) is 0 Å². The number of halogens is 3. The van der Waals surface area contributed by atoms with Crippen molar-refractivity contribution in [1.29, 1.82) is 0 Å². The van der Waals surface area contributed by atoms with Gasteiger partial charge in [0, 0.05) is 6.08 Å². The minimum Gasteiger partial charge on any atom is -0.463 e. The Morgan fingerprint density at radius 3 is 1.50 bits per heavy atom. The van der Waals surface area contributed by atoms with E-state index >= 15 is 0 Å². The molecule has 0 bridgehead atoms. The second-order valence-electron chi connectivity index (χ2n) is 6.98. The molecule has 0 rings (SSSR count). The van der Waals surface area contributed by atoms with Crippen LogP contribution in [0.4, 0.5) is 0 Å². The zero-order valence-corrected chi connectivity index (χ0v) is 22.2. The first-order valence-corrected chi connectivity index (χ1v) is 19.3. The van der Waals surface area contributed by atoms with Crippen molar-refractivity contribution < 1.29 is 9.53 Å². The number of hydrogen-bond donors (Lipinski definition) is 0. The number of hydrogen-bond acceptors (Lipinski definition) is 2.